The molecular formula is C26H36ClN7O5S. The van der Waals surface area contributed by atoms with Gasteiger partial charge in [-0.15, -0.1) is 0 Å². The molecule has 2 fully saturated rings. The number of methoxy groups -OCH3 is 1. The standard InChI is InChI=1S/C26H36ClN7O5S/c1-6-24(35)29-20-11-21(23(38-4)12-22(20)33-9-7-18(8-10-33)32(2)3)30-26-28-13-19(27)25(31-26)39-16-17-14-34(15-17)40(5,36)37/h6,11-13,17-18H,1,7-10,14-16H2,2-5H3,(H,29,35)(H,28,30,31). The van der Waals surface area contributed by atoms with Crippen LogP contribution in [-0.2, 0) is 14.8 Å². The first-order chi connectivity index (χ1) is 19.0. The zero-order valence-corrected chi connectivity index (χ0v) is 24.8. The second kappa shape index (κ2) is 12.6. The zero-order chi connectivity index (χ0) is 29.0. The lowest BCUT2D eigenvalue weighted by atomic mass is 10.0. The number of ether oxygens (including phenoxy) is 2. The molecule has 0 saturated carbocycles. The van der Waals surface area contributed by atoms with Gasteiger partial charge in [0.25, 0.3) is 0 Å². The van der Waals surface area contributed by atoms with Gasteiger partial charge in [-0.1, -0.05) is 18.2 Å². The van der Waals surface area contributed by atoms with Crippen LogP contribution in [0.3, 0.4) is 0 Å². The van der Waals surface area contributed by atoms with Gasteiger partial charge in [-0.2, -0.15) is 4.98 Å². The number of piperidine rings is 1. The first-order valence-corrected chi connectivity index (χ1v) is 15.2. The summed E-state index contributed by atoms with van der Waals surface area (Å²) in [4.78, 5) is 25.4. The molecule has 1 aromatic heterocycles. The average molecular weight is 594 g/mol. The summed E-state index contributed by atoms with van der Waals surface area (Å²) < 4.78 is 36.1. The summed E-state index contributed by atoms with van der Waals surface area (Å²) in [7, 11) is 2.55. The van der Waals surface area contributed by atoms with E-state index in [1.165, 1.54) is 22.8 Å². The lowest BCUT2D eigenvalue weighted by Gasteiger charge is -2.37. The van der Waals surface area contributed by atoms with Gasteiger partial charge < -0.3 is 29.9 Å². The van der Waals surface area contributed by atoms with Crippen molar-refractivity contribution >= 4 is 50.5 Å². The number of halogens is 1. The van der Waals surface area contributed by atoms with Crippen LogP contribution < -0.4 is 25.0 Å². The van der Waals surface area contributed by atoms with E-state index in [4.69, 9.17) is 21.1 Å². The maximum absolute atomic E-state index is 12.3. The molecule has 0 bridgehead atoms. The minimum Gasteiger partial charge on any atom is -0.494 e. The fourth-order valence-corrected chi connectivity index (χ4v) is 5.84. The fraction of sp³-hybridized carbons (Fsp3) is 0.500. The second-order valence-corrected chi connectivity index (χ2v) is 12.6. The first-order valence-electron chi connectivity index (χ1n) is 12.9. The van der Waals surface area contributed by atoms with Crippen molar-refractivity contribution < 1.29 is 22.7 Å². The number of benzene rings is 1. The van der Waals surface area contributed by atoms with Crippen molar-refractivity contribution in [3.63, 3.8) is 0 Å². The van der Waals surface area contributed by atoms with E-state index in [0.717, 1.165) is 31.6 Å². The fourth-order valence-electron chi connectivity index (χ4n) is 4.73. The summed E-state index contributed by atoms with van der Waals surface area (Å²) in [5.74, 6) is 0.645. The number of hydrogen-bond acceptors (Lipinski definition) is 10. The Morgan fingerprint density at radius 2 is 1.95 bits per heavy atom. The third-order valence-electron chi connectivity index (χ3n) is 7.10. The number of amides is 1. The van der Waals surface area contributed by atoms with Crippen molar-refractivity contribution in [3.8, 4) is 11.6 Å². The van der Waals surface area contributed by atoms with Crippen LogP contribution in [0, 0.1) is 5.92 Å². The topological polar surface area (TPSA) is 129 Å². The van der Waals surface area contributed by atoms with Crippen LogP contribution in [0.5, 0.6) is 11.6 Å². The minimum absolute atomic E-state index is 0.0450. The van der Waals surface area contributed by atoms with Gasteiger partial charge in [-0.05, 0) is 39.1 Å². The molecule has 0 atom stereocenters. The van der Waals surface area contributed by atoms with E-state index < -0.39 is 10.0 Å². The number of rotatable bonds is 11. The molecule has 12 nitrogen and oxygen atoms in total. The number of sulfonamides is 1. The number of nitrogens with one attached hydrogen (secondary N) is 2. The summed E-state index contributed by atoms with van der Waals surface area (Å²) >= 11 is 6.26. The van der Waals surface area contributed by atoms with Gasteiger partial charge in [0.05, 0.1) is 43.2 Å². The zero-order valence-electron chi connectivity index (χ0n) is 23.2. The molecule has 0 unspecified atom stereocenters. The summed E-state index contributed by atoms with van der Waals surface area (Å²) in [6.07, 6.45) is 5.83. The molecule has 40 heavy (non-hydrogen) atoms. The molecule has 2 saturated heterocycles. The third-order valence-corrected chi connectivity index (χ3v) is 8.60. The number of anilines is 4. The minimum atomic E-state index is -3.20. The van der Waals surface area contributed by atoms with E-state index in [9.17, 15) is 13.2 Å². The number of carbonyl (C=O) groups is 1. The lowest BCUT2D eigenvalue weighted by molar-refractivity contribution is -0.111. The molecule has 3 heterocycles. The second-order valence-electron chi connectivity index (χ2n) is 10.2. The highest BCUT2D eigenvalue weighted by Gasteiger charge is 2.33. The van der Waals surface area contributed by atoms with Crippen LogP contribution in [0.1, 0.15) is 12.8 Å². The molecular weight excluding hydrogens is 558 g/mol. The van der Waals surface area contributed by atoms with Crippen LogP contribution in [0.25, 0.3) is 0 Å². The van der Waals surface area contributed by atoms with Crippen molar-refractivity contribution in [2.75, 3.05) is 75.8 Å². The Morgan fingerprint density at radius 3 is 2.55 bits per heavy atom. The smallest absolute Gasteiger partial charge is 0.247 e. The van der Waals surface area contributed by atoms with Gasteiger partial charge in [0.2, 0.25) is 27.8 Å². The monoisotopic (exact) mass is 593 g/mol. The van der Waals surface area contributed by atoms with E-state index in [0.29, 0.717) is 36.3 Å². The summed E-state index contributed by atoms with van der Waals surface area (Å²) in [5, 5.41) is 6.28. The van der Waals surface area contributed by atoms with Gasteiger partial charge in [-0.3, -0.25) is 4.79 Å². The molecule has 0 radical (unpaired) electrons. The SMILES string of the molecule is C=CC(=O)Nc1cc(Nc2ncc(Cl)c(OCC3CN(S(C)(=O)=O)C3)n2)c(OC)cc1N1CCC(N(C)C)CC1. The van der Waals surface area contributed by atoms with E-state index in [1.54, 1.807) is 13.2 Å². The number of nitrogens with zero attached hydrogens (tertiary/aromatic N) is 5. The largest absolute Gasteiger partial charge is 0.494 e. The number of hydrogen-bond donors (Lipinski definition) is 2. The van der Waals surface area contributed by atoms with Crippen LogP contribution in [0.15, 0.2) is 31.0 Å². The van der Waals surface area contributed by atoms with E-state index in [1.807, 2.05) is 6.07 Å². The molecule has 14 heteroatoms. The van der Waals surface area contributed by atoms with Crippen molar-refractivity contribution in [2.45, 2.75) is 18.9 Å². The predicted molar refractivity (Wildman–Crippen MR) is 156 cm³/mol. The van der Waals surface area contributed by atoms with Crippen LogP contribution in [0.4, 0.5) is 23.0 Å². The molecule has 2 aliphatic heterocycles. The highest BCUT2D eigenvalue weighted by Crippen LogP contribution is 2.39. The van der Waals surface area contributed by atoms with Gasteiger partial charge in [0.15, 0.2) is 0 Å². The van der Waals surface area contributed by atoms with E-state index in [2.05, 4.69) is 51.1 Å². The Labute approximate surface area is 240 Å². The van der Waals surface area contributed by atoms with Crippen molar-refractivity contribution in [1.82, 2.24) is 19.2 Å². The summed E-state index contributed by atoms with van der Waals surface area (Å²) in [6, 6.07) is 4.17. The average Bonchev–Trinajstić information content (AvgIpc) is 2.88. The Hall–Kier alpha value is -3.13. The third kappa shape index (κ3) is 7.14. The molecule has 0 aliphatic carbocycles. The molecule has 2 aliphatic rings. The predicted octanol–water partition coefficient (Wildman–Crippen LogP) is 2.81. The molecule has 218 valence electrons. The van der Waals surface area contributed by atoms with Crippen molar-refractivity contribution in [3.05, 3.63) is 36.0 Å². The molecule has 2 aromatic rings. The quantitative estimate of drug-likeness (QED) is 0.375. The maximum atomic E-state index is 12.3. The Morgan fingerprint density at radius 1 is 1.25 bits per heavy atom. The molecule has 1 amide bonds. The lowest BCUT2D eigenvalue weighted by Crippen LogP contribution is -2.51. The highest BCUT2D eigenvalue weighted by atomic mass is 35.5. The van der Waals surface area contributed by atoms with Gasteiger partial charge >= 0.3 is 0 Å². The normalized spacial score (nSPS) is 16.9. The van der Waals surface area contributed by atoms with Crippen molar-refractivity contribution in [2.24, 2.45) is 5.92 Å². The highest BCUT2D eigenvalue weighted by molar-refractivity contribution is 7.88. The summed E-state index contributed by atoms with van der Waals surface area (Å²) in [5.41, 5.74) is 1.98. The maximum Gasteiger partial charge on any atom is 0.247 e. The van der Waals surface area contributed by atoms with Crippen LogP contribution in [0.2, 0.25) is 5.02 Å². The molecule has 4 rings (SSSR count). The molecule has 2 N–H and O–H groups in total. The van der Waals surface area contributed by atoms with Crippen LogP contribution in [-0.4, -0.2) is 99.8 Å². The van der Waals surface area contributed by atoms with Crippen molar-refractivity contribution in [1.29, 1.82) is 0 Å². The van der Waals surface area contributed by atoms with E-state index >= 15 is 0 Å². The van der Waals surface area contributed by atoms with Crippen LogP contribution >= 0.6 is 11.6 Å². The number of aromatic nitrogens is 2. The Kier molecular flexibility index (Phi) is 9.39. The molecule has 0 spiro atoms. The Bertz CT molecular complexity index is 1340. The van der Waals surface area contributed by atoms with Gasteiger partial charge in [0, 0.05) is 44.2 Å². The molecule has 1 aromatic carbocycles. The first kappa shape index (κ1) is 29.8. The number of carbonyl (C=O) groups excluding carboxylic acids is 1. The van der Waals surface area contributed by atoms with E-state index in [-0.39, 0.29) is 35.3 Å². The summed E-state index contributed by atoms with van der Waals surface area (Å²) in [6.45, 7) is 6.29. The van der Waals surface area contributed by atoms with Gasteiger partial charge in [0.1, 0.15) is 10.8 Å². The van der Waals surface area contributed by atoms with Gasteiger partial charge in [-0.25, -0.2) is 17.7 Å². The Balaban J connectivity index is 1.53.